The van der Waals surface area contributed by atoms with Crippen LogP contribution >= 0.6 is 0 Å². The van der Waals surface area contributed by atoms with E-state index in [0.717, 1.165) is 30.7 Å². The third-order valence-electron chi connectivity index (χ3n) is 4.91. The average molecular weight is 299 g/mol. The summed E-state index contributed by atoms with van der Waals surface area (Å²) in [5.41, 5.74) is 6.28. The first-order chi connectivity index (χ1) is 9.94. The summed E-state index contributed by atoms with van der Waals surface area (Å²) in [6.07, 6.45) is 1.31. The summed E-state index contributed by atoms with van der Waals surface area (Å²) in [5, 5.41) is 0. The molecule has 1 nitrogen and oxygen atoms in total. The van der Waals surface area contributed by atoms with E-state index < -0.39 is 11.7 Å². The Hall–Kier alpha value is -1.03. The molecule has 0 radical (unpaired) electrons. The zero-order valence-electron chi connectivity index (χ0n) is 12.5. The van der Waals surface area contributed by atoms with E-state index in [4.69, 9.17) is 5.73 Å². The van der Waals surface area contributed by atoms with E-state index in [1.807, 2.05) is 0 Å². The molecule has 4 heteroatoms. The Morgan fingerprint density at radius 2 is 1.76 bits per heavy atom. The maximum Gasteiger partial charge on any atom is 0.416 e. The second kappa shape index (κ2) is 6.82. The van der Waals surface area contributed by atoms with Crippen molar-refractivity contribution >= 4 is 0 Å². The lowest BCUT2D eigenvalue weighted by molar-refractivity contribution is -0.137. The van der Waals surface area contributed by atoms with Gasteiger partial charge in [0.15, 0.2) is 0 Å². The van der Waals surface area contributed by atoms with Gasteiger partial charge in [-0.25, -0.2) is 0 Å². The fraction of sp³-hybridized carbons (Fsp3) is 0.647. The standard InChI is InChI=1S/C17H24F3N/c1-2-12-3-6-14(11-21)15(9-12)10-13-4-7-16(8-5-13)17(18,19)20/h4-5,7-8,12,14-15H,2-3,6,9-11,21H2,1H3. The number of hydrogen-bond donors (Lipinski definition) is 1. The lowest BCUT2D eigenvalue weighted by atomic mass is 9.71. The van der Waals surface area contributed by atoms with Crippen molar-refractivity contribution in [3.63, 3.8) is 0 Å². The average Bonchev–Trinajstić information content (AvgIpc) is 2.46. The molecule has 0 saturated heterocycles. The van der Waals surface area contributed by atoms with Crippen molar-refractivity contribution in [2.45, 2.75) is 45.2 Å². The first-order valence-corrected chi connectivity index (χ1v) is 7.80. The number of halogens is 3. The molecule has 118 valence electrons. The molecule has 0 aliphatic heterocycles. The first-order valence-electron chi connectivity index (χ1n) is 7.80. The molecule has 2 rings (SSSR count). The molecule has 0 aromatic heterocycles. The van der Waals surface area contributed by atoms with Gasteiger partial charge in [-0.3, -0.25) is 0 Å². The Balaban J connectivity index is 2.05. The van der Waals surface area contributed by atoms with Gasteiger partial charge in [0, 0.05) is 0 Å². The van der Waals surface area contributed by atoms with Crippen LogP contribution in [0.3, 0.4) is 0 Å². The molecule has 1 aliphatic carbocycles. The van der Waals surface area contributed by atoms with Gasteiger partial charge in [0.1, 0.15) is 0 Å². The summed E-state index contributed by atoms with van der Waals surface area (Å²) in [5.74, 6) is 1.76. The molecule has 1 aliphatic rings. The van der Waals surface area contributed by atoms with Gasteiger partial charge in [-0.15, -0.1) is 0 Å². The van der Waals surface area contributed by atoms with E-state index in [0.29, 0.717) is 18.4 Å². The van der Waals surface area contributed by atoms with Crippen LogP contribution in [0.25, 0.3) is 0 Å². The van der Waals surface area contributed by atoms with Crippen LogP contribution in [-0.2, 0) is 12.6 Å². The fourth-order valence-electron chi connectivity index (χ4n) is 3.49. The van der Waals surface area contributed by atoms with Crippen molar-refractivity contribution < 1.29 is 13.2 Å². The molecule has 1 aromatic carbocycles. The van der Waals surface area contributed by atoms with Crippen molar-refractivity contribution in [2.24, 2.45) is 23.5 Å². The van der Waals surface area contributed by atoms with Crippen molar-refractivity contribution in [1.29, 1.82) is 0 Å². The predicted molar refractivity (Wildman–Crippen MR) is 78.8 cm³/mol. The predicted octanol–water partition coefficient (Wildman–Crippen LogP) is 4.65. The number of benzene rings is 1. The summed E-state index contributed by atoms with van der Waals surface area (Å²) in [4.78, 5) is 0. The minimum Gasteiger partial charge on any atom is -0.330 e. The van der Waals surface area contributed by atoms with E-state index in [9.17, 15) is 13.2 Å². The van der Waals surface area contributed by atoms with Crippen LogP contribution in [0.5, 0.6) is 0 Å². The van der Waals surface area contributed by atoms with Crippen molar-refractivity contribution in [1.82, 2.24) is 0 Å². The Morgan fingerprint density at radius 1 is 1.10 bits per heavy atom. The monoisotopic (exact) mass is 299 g/mol. The zero-order chi connectivity index (χ0) is 15.5. The highest BCUT2D eigenvalue weighted by Crippen LogP contribution is 2.37. The maximum absolute atomic E-state index is 12.6. The minimum absolute atomic E-state index is 0.505. The molecule has 2 N–H and O–H groups in total. The third kappa shape index (κ3) is 4.22. The maximum atomic E-state index is 12.6. The van der Waals surface area contributed by atoms with Crippen LogP contribution in [-0.4, -0.2) is 6.54 Å². The van der Waals surface area contributed by atoms with Crippen molar-refractivity contribution in [2.75, 3.05) is 6.54 Å². The van der Waals surface area contributed by atoms with Gasteiger partial charge in [0.25, 0.3) is 0 Å². The molecular weight excluding hydrogens is 275 g/mol. The lowest BCUT2D eigenvalue weighted by Crippen LogP contribution is -2.31. The topological polar surface area (TPSA) is 26.0 Å². The fourth-order valence-corrected chi connectivity index (χ4v) is 3.49. The van der Waals surface area contributed by atoms with Crippen LogP contribution in [0, 0.1) is 17.8 Å². The largest absolute Gasteiger partial charge is 0.416 e. The highest BCUT2D eigenvalue weighted by Gasteiger charge is 2.31. The highest BCUT2D eigenvalue weighted by molar-refractivity contribution is 5.25. The second-order valence-corrected chi connectivity index (χ2v) is 6.24. The van der Waals surface area contributed by atoms with E-state index in [2.05, 4.69) is 6.92 Å². The molecule has 21 heavy (non-hydrogen) atoms. The van der Waals surface area contributed by atoms with Gasteiger partial charge in [0.2, 0.25) is 0 Å². The molecule has 0 amide bonds. The van der Waals surface area contributed by atoms with Crippen LogP contribution in [0.4, 0.5) is 13.2 Å². The molecule has 0 heterocycles. The zero-order valence-corrected chi connectivity index (χ0v) is 12.5. The Bertz CT molecular complexity index is 438. The van der Waals surface area contributed by atoms with Crippen molar-refractivity contribution in [3.05, 3.63) is 35.4 Å². The van der Waals surface area contributed by atoms with Crippen LogP contribution in [0.1, 0.15) is 43.7 Å². The second-order valence-electron chi connectivity index (χ2n) is 6.24. The van der Waals surface area contributed by atoms with Crippen LogP contribution < -0.4 is 5.73 Å². The van der Waals surface area contributed by atoms with Gasteiger partial charge in [0.05, 0.1) is 5.56 Å². The summed E-state index contributed by atoms with van der Waals surface area (Å²) < 4.78 is 37.7. The molecule has 1 fully saturated rings. The SMILES string of the molecule is CCC1CCC(CN)C(Cc2ccc(C(F)(F)F)cc2)C1. The van der Waals surface area contributed by atoms with E-state index in [1.165, 1.54) is 25.0 Å². The molecule has 3 atom stereocenters. The smallest absolute Gasteiger partial charge is 0.330 e. The molecule has 3 unspecified atom stereocenters. The third-order valence-corrected chi connectivity index (χ3v) is 4.91. The Kier molecular flexibility index (Phi) is 5.31. The Morgan fingerprint density at radius 3 is 2.29 bits per heavy atom. The molecule has 0 bridgehead atoms. The quantitative estimate of drug-likeness (QED) is 0.860. The summed E-state index contributed by atoms with van der Waals surface area (Å²) in [6, 6.07) is 5.61. The molecule has 0 spiro atoms. The minimum atomic E-state index is -4.25. The van der Waals surface area contributed by atoms with E-state index in [1.54, 1.807) is 12.1 Å². The number of nitrogens with two attached hydrogens (primary N) is 1. The Labute approximate surface area is 124 Å². The number of rotatable bonds is 4. The van der Waals surface area contributed by atoms with Gasteiger partial charge in [-0.2, -0.15) is 13.2 Å². The van der Waals surface area contributed by atoms with Gasteiger partial charge < -0.3 is 5.73 Å². The highest BCUT2D eigenvalue weighted by atomic mass is 19.4. The van der Waals surface area contributed by atoms with Gasteiger partial charge >= 0.3 is 6.18 Å². The summed E-state index contributed by atoms with van der Waals surface area (Å²) in [6.45, 7) is 2.89. The summed E-state index contributed by atoms with van der Waals surface area (Å²) in [7, 11) is 0. The molecule has 1 aromatic rings. The number of hydrogen-bond acceptors (Lipinski definition) is 1. The van der Waals surface area contributed by atoms with Gasteiger partial charge in [-0.05, 0) is 61.3 Å². The number of alkyl halides is 3. The first kappa shape index (κ1) is 16.3. The molecular formula is C17H24F3N. The van der Waals surface area contributed by atoms with E-state index >= 15 is 0 Å². The van der Waals surface area contributed by atoms with E-state index in [-0.39, 0.29) is 0 Å². The van der Waals surface area contributed by atoms with Gasteiger partial charge in [-0.1, -0.05) is 31.9 Å². The van der Waals surface area contributed by atoms with Crippen molar-refractivity contribution in [3.8, 4) is 0 Å². The van der Waals surface area contributed by atoms with Crippen LogP contribution in [0.2, 0.25) is 0 Å². The molecule has 1 saturated carbocycles. The normalized spacial score (nSPS) is 26.8. The van der Waals surface area contributed by atoms with Crippen LogP contribution in [0.15, 0.2) is 24.3 Å². The lowest BCUT2D eigenvalue weighted by Gasteiger charge is -2.35. The summed E-state index contributed by atoms with van der Waals surface area (Å²) >= 11 is 0.